The summed E-state index contributed by atoms with van der Waals surface area (Å²) in [5, 5.41) is 21.5. The molecule has 6 heteroatoms. The lowest BCUT2D eigenvalue weighted by Gasteiger charge is -2.24. The van der Waals surface area contributed by atoms with Gasteiger partial charge in [0.15, 0.2) is 0 Å². The van der Waals surface area contributed by atoms with Crippen LogP contribution in [0.1, 0.15) is 72.7 Å². The predicted molar refractivity (Wildman–Crippen MR) is 179 cm³/mol. The van der Waals surface area contributed by atoms with E-state index in [9.17, 15) is 15.0 Å². The third-order valence-corrected chi connectivity index (χ3v) is 10.2. The summed E-state index contributed by atoms with van der Waals surface area (Å²) in [6.45, 7) is 3.67. The van der Waals surface area contributed by atoms with Gasteiger partial charge in [0.25, 0.3) is 0 Å². The molecule has 4 aromatic rings. The Morgan fingerprint density at radius 3 is 2.59 bits per heavy atom. The number of nitrogens with zero attached hydrogens (tertiary/aromatic N) is 1. The summed E-state index contributed by atoms with van der Waals surface area (Å²) >= 11 is 4.20. The molecule has 0 spiro atoms. The van der Waals surface area contributed by atoms with E-state index in [0.29, 0.717) is 0 Å². The normalized spacial score (nSPS) is 15.3. The third-order valence-electron chi connectivity index (χ3n) is 7.83. The monoisotopic (exact) mass is 677 g/mol. The van der Waals surface area contributed by atoms with E-state index in [4.69, 9.17) is 4.98 Å². The van der Waals surface area contributed by atoms with Crippen molar-refractivity contribution in [2.24, 2.45) is 5.41 Å². The lowest BCUT2D eigenvalue weighted by molar-refractivity contribution is -0.138. The van der Waals surface area contributed by atoms with Crippen LogP contribution in [0.15, 0.2) is 78.9 Å². The zero-order chi connectivity index (χ0) is 29.0. The number of carboxylic acids is 1. The number of carboxylic acid groups (broad SMARTS) is 1. The Kier molecular flexibility index (Phi) is 9.21. The Labute approximate surface area is 260 Å². The minimum atomic E-state index is -0.904. The highest BCUT2D eigenvalue weighted by Gasteiger charge is 2.44. The molecule has 0 bridgehead atoms. The van der Waals surface area contributed by atoms with Crippen molar-refractivity contribution in [2.75, 3.05) is 5.75 Å². The lowest BCUT2D eigenvalue weighted by Crippen LogP contribution is -2.18. The van der Waals surface area contributed by atoms with Gasteiger partial charge in [-0.05, 0) is 114 Å². The minimum Gasteiger partial charge on any atom is -0.481 e. The fourth-order valence-electron chi connectivity index (χ4n) is 5.36. The van der Waals surface area contributed by atoms with Crippen molar-refractivity contribution in [3.05, 3.63) is 110 Å². The van der Waals surface area contributed by atoms with Crippen LogP contribution >= 0.6 is 34.4 Å². The second-order valence-corrected chi connectivity index (χ2v) is 14.1. The fraction of sp³-hybridized carbons (Fsp3) is 0.314. The molecular weight excluding hydrogens is 641 g/mol. The molecule has 0 amide bonds. The molecule has 1 aromatic heterocycles. The Morgan fingerprint density at radius 2 is 1.83 bits per heavy atom. The van der Waals surface area contributed by atoms with E-state index in [1.807, 2.05) is 49.9 Å². The number of pyridine rings is 1. The lowest BCUT2D eigenvalue weighted by atomic mass is 9.90. The quantitative estimate of drug-likeness (QED) is 0.147. The molecule has 4 nitrogen and oxygen atoms in total. The Hall–Kier alpha value is -2.68. The maximum Gasteiger partial charge on any atom is 0.303 e. The molecule has 0 aliphatic heterocycles. The maximum atomic E-state index is 11.5. The predicted octanol–water partition coefficient (Wildman–Crippen LogP) is 8.90. The van der Waals surface area contributed by atoms with Crippen LogP contribution in [0.25, 0.3) is 23.1 Å². The summed E-state index contributed by atoms with van der Waals surface area (Å²) in [5.41, 5.74) is 5.41. The number of aromatic nitrogens is 1. The van der Waals surface area contributed by atoms with Crippen molar-refractivity contribution in [1.82, 2.24) is 4.98 Å². The number of fused-ring (bicyclic) bond motifs is 1. The molecule has 1 heterocycles. The molecule has 3 aromatic carbocycles. The molecule has 5 rings (SSSR count). The van der Waals surface area contributed by atoms with Gasteiger partial charge in [-0.25, -0.2) is 4.98 Å². The molecule has 0 radical (unpaired) electrons. The number of hydrogen-bond donors (Lipinski definition) is 2. The summed E-state index contributed by atoms with van der Waals surface area (Å²) in [7, 11) is 0. The van der Waals surface area contributed by atoms with Gasteiger partial charge in [-0.2, -0.15) is 11.8 Å². The van der Waals surface area contributed by atoms with Crippen LogP contribution in [0, 0.1) is 8.99 Å². The zero-order valence-electron chi connectivity index (χ0n) is 23.5. The largest absolute Gasteiger partial charge is 0.481 e. The molecule has 1 saturated carbocycles. The molecular formula is C35H36INO3S. The SMILES string of the molecule is CC(C)(O)c1ccccc1CC[C@@H](SCC1(CC(=O)O)CC1)c1cccc(/C=C/c2ccc3ccc(I)cc3n2)c1. The molecule has 1 aliphatic carbocycles. The summed E-state index contributed by atoms with van der Waals surface area (Å²) in [6.07, 6.45) is 8.13. The Bertz CT molecular complexity index is 1570. The van der Waals surface area contributed by atoms with Crippen molar-refractivity contribution in [2.45, 2.75) is 56.8 Å². The van der Waals surface area contributed by atoms with E-state index < -0.39 is 11.6 Å². The van der Waals surface area contributed by atoms with E-state index in [1.54, 1.807) is 0 Å². The van der Waals surface area contributed by atoms with Gasteiger partial charge in [-0.3, -0.25) is 4.79 Å². The average Bonchev–Trinajstić information content (AvgIpc) is 3.70. The Balaban J connectivity index is 1.37. The van der Waals surface area contributed by atoms with E-state index in [-0.39, 0.29) is 17.1 Å². The number of rotatable bonds is 12. The summed E-state index contributed by atoms with van der Waals surface area (Å²) in [4.78, 5) is 16.3. The van der Waals surface area contributed by atoms with Gasteiger partial charge in [0.05, 0.1) is 23.2 Å². The van der Waals surface area contributed by atoms with Crippen molar-refractivity contribution in [3.63, 3.8) is 0 Å². The average molecular weight is 678 g/mol. The third kappa shape index (κ3) is 7.99. The Morgan fingerprint density at radius 1 is 1.05 bits per heavy atom. The van der Waals surface area contributed by atoms with Crippen molar-refractivity contribution in [1.29, 1.82) is 0 Å². The first-order chi connectivity index (χ1) is 19.6. The van der Waals surface area contributed by atoms with Crippen LogP contribution in [-0.2, 0) is 16.8 Å². The molecule has 1 fully saturated rings. The van der Waals surface area contributed by atoms with E-state index >= 15 is 0 Å². The van der Waals surface area contributed by atoms with Crippen molar-refractivity contribution in [3.8, 4) is 0 Å². The first kappa shape index (κ1) is 29.8. The number of aliphatic carboxylic acids is 1. The van der Waals surface area contributed by atoms with E-state index in [1.165, 1.54) is 9.13 Å². The molecule has 0 unspecified atom stereocenters. The van der Waals surface area contributed by atoms with Crippen molar-refractivity contribution >= 4 is 63.4 Å². The van der Waals surface area contributed by atoms with Gasteiger partial charge in [-0.15, -0.1) is 0 Å². The minimum absolute atomic E-state index is 0.0726. The van der Waals surface area contributed by atoms with Crippen LogP contribution < -0.4 is 0 Å². The van der Waals surface area contributed by atoms with Gasteiger partial charge < -0.3 is 10.2 Å². The van der Waals surface area contributed by atoms with Crippen LogP contribution in [0.4, 0.5) is 0 Å². The number of halogens is 1. The highest BCUT2D eigenvalue weighted by molar-refractivity contribution is 14.1. The molecule has 0 saturated heterocycles. The smallest absolute Gasteiger partial charge is 0.303 e. The zero-order valence-corrected chi connectivity index (χ0v) is 26.5. The standard InChI is InChI=1S/C35H36INO3S/c1-34(2,40)30-9-4-3-7-25(30)13-17-32(41-23-35(18-19-35)22-33(38)39)27-8-5-6-24(20-27)10-15-29-16-12-26-11-14-28(36)21-31(26)37-29/h3-12,14-16,20-21,32,40H,13,17-19,22-23H2,1-2H3,(H,38,39)/b15-10+/t32-/m1/s1. The summed E-state index contributed by atoms with van der Waals surface area (Å²) < 4.78 is 1.17. The topological polar surface area (TPSA) is 70.4 Å². The van der Waals surface area contributed by atoms with E-state index in [2.05, 4.69) is 89.3 Å². The van der Waals surface area contributed by atoms with Gasteiger partial charge in [0.1, 0.15) is 0 Å². The highest BCUT2D eigenvalue weighted by atomic mass is 127. The number of thioether (sulfide) groups is 1. The fourth-order valence-corrected chi connectivity index (χ4v) is 7.40. The van der Waals surface area contributed by atoms with Crippen LogP contribution in [-0.4, -0.2) is 26.9 Å². The number of hydrogen-bond acceptors (Lipinski definition) is 4. The van der Waals surface area contributed by atoms with Crippen LogP contribution in [0.2, 0.25) is 0 Å². The second-order valence-electron chi connectivity index (χ2n) is 11.7. The van der Waals surface area contributed by atoms with Crippen LogP contribution in [0.5, 0.6) is 0 Å². The highest BCUT2D eigenvalue weighted by Crippen LogP contribution is 2.53. The van der Waals surface area contributed by atoms with E-state index in [0.717, 1.165) is 64.7 Å². The van der Waals surface area contributed by atoms with Crippen molar-refractivity contribution < 1.29 is 15.0 Å². The summed E-state index contributed by atoms with van der Waals surface area (Å²) in [6, 6.07) is 27.2. The van der Waals surface area contributed by atoms with Gasteiger partial charge in [0, 0.05) is 20.0 Å². The second kappa shape index (κ2) is 12.7. The molecule has 1 atom stereocenters. The number of aryl methyl sites for hydroxylation is 1. The summed E-state index contributed by atoms with van der Waals surface area (Å²) in [5.74, 6) is 0.139. The van der Waals surface area contributed by atoms with Gasteiger partial charge in [0.2, 0.25) is 0 Å². The van der Waals surface area contributed by atoms with Gasteiger partial charge in [-0.1, -0.05) is 66.7 Å². The number of carbonyl (C=O) groups is 1. The van der Waals surface area contributed by atoms with Crippen LogP contribution in [0.3, 0.4) is 0 Å². The molecule has 41 heavy (non-hydrogen) atoms. The molecule has 212 valence electrons. The maximum absolute atomic E-state index is 11.5. The number of aliphatic hydroxyl groups is 1. The number of benzene rings is 3. The molecule has 1 aliphatic rings. The van der Waals surface area contributed by atoms with Gasteiger partial charge >= 0.3 is 5.97 Å². The molecule has 2 N–H and O–H groups in total. The first-order valence-electron chi connectivity index (χ1n) is 14.1. The first-order valence-corrected chi connectivity index (χ1v) is 16.2.